The molecule has 0 N–H and O–H groups in total. The molecule has 3 heterocycles. The van der Waals surface area contributed by atoms with Crippen molar-refractivity contribution in [2.45, 2.75) is 12.5 Å². The van der Waals surface area contributed by atoms with Gasteiger partial charge in [-0.25, -0.2) is 0 Å². The molecule has 10 aromatic rings. The molecule has 3 aliphatic rings. The predicted molar refractivity (Wildman–Crippen MR) is 254 cm³/mol. The molecule has 0 bridgehead atoms. The van der Waals surface area contributed by atoms with E-state index in [9.17, 15) is 0 Å². The van der Waals surface area contributed by atoms with E-state index in [1.165, 1.54) is 11.1 Å². The van der Waals surface area contributed by atoms with Crippen molar-refractivity contribution in [3.05, 3.63) is 212 Å². The van der Waals surface area contributed by atoms with Crippen LogP contribution in [0.15, 0.2) is 206 Å². The molecule has 0 saturated carbocycles. The van der Waals surface area contributed by atoms with Gasteiger partial charge in [0.15, 0.2) is 0 Å². The van der Waals surface area contributed by atoms with Crippen LogP contribution in [-0.4, -0.2) is 11.3 Å². The maximum atomic E-state index is 7.42. The van der Waals surface area contributed by atoms with Gasteiger partial charge < -0.3 is 18.9 Å². The smallest absolute Gasteiger partial charge is 0.260 e. The van der Waals surface area contributed by atoms with Crippen LogP contribution < -0.4 is 30.8 Å². The molecular weight excluding hydrogens is 743 g/mol. The Bertz CT molecular complexity index is 3410. The first-order valence-corrected chi connectivity index (χ1v) is 21.1. The molecule has 0 fully saturated rings. The van der Waals surface area contributed by atoms with E-state index in [-0.39, 0.29) is 12.8 Å². The second-order valence-electron chi connectivity index (χ2n) is 16.3. The minimum absolute atomic E-state index is 0.0408. The van der Waals surface area contributed by atoms with Gasteiger partial charge in [-0.2, -0.15) is 0 Å². The van der Waals surface area contributed by atoms with Gasteiger partial charge in [0, 0.05) is 50.1 Å². The lowest BCUT2D eigenvalue weighted by Crippen LogP contribution is -2.57. The molecule has 5 heteroatoms. The number of allylic oxidation sites excluding steroid dienone is 4. The van der Waals surface area contributed by atoms with E-state index < -0.39 is 0 Å². The topological polar surface area (TPSA) is 26.6 Å². The molecule has 9 aromatic carbocycles. The van der Waals surface area contributed by atoms with Gasteiger partial charge >= 0.3 is 0 Å². The Balaban J connectivity index is 1.10. The maximum absolute atomic E-state index is 7.42. The van der Waals surface area contributed by atoms with Crippen molar-refractivity contribution in [1.29, 1.82) is 0 Å². The largest absolute Gasteiger partial charge is 0.458 e. The number of nitrogens with zero attached hydrogens (tertiary/aromatic N) is 2. The first-order chi connectivity index (χ1) is 30.3. The zero-order chi connectivity index (χ0) is 40.0. The van der Waals surface area contributed by atoms with Crippen molar-refractivity contribution in [3.63, 3.8) is 0 Å². The van der Waals surface area contributed by atoms with Crippen LogP contribution in [0.1, 0.15) is 18.0 Å². The molecule has 1 unspecified atom stereocenters. The fourth-order valence-corrected chi connectivity index (χ4v) is 10.2. The molecule has 0 radical (unpaired) electrons. The summed E-state index contributed by atoms with van der Waals surface area (Å²) in [5.74, 6) is 3.55. The van der Waals surface area contributed by atoms with Crippen LogP contribution in [0, 0.1) is 0 Å². The van der Waals surface area contributed by atoms with E-state index >= 15 is 0 Å². The van der Waals surface area contributed by atoms with Crippen molar-refractivity contribution in [3.8, 4) is 23.0 Å². The normalized spacial score (nSPS) is 14.9. The number of benzene rings is 9. The molecule has 1 aliphatic carbocycles. The number of anilines is 3. The highest BCUT2D eigenvalue weighted by atomic mass is 16.5. The van der Waals surface area contributed by atoms with E-state index in [0.717, 1.165) is 106 Å². The molecule has 2 aliphatic heterocycles. The van der Waals surface area contributed by atoms with Crippen LogP contribution in [-0.2, 0) is 0 Å². The Kier molecular flexibility index (Phi) is 7.49. The molecule has 0 spiro atoms. The van der Waals surface area contributed by atoms with Gasteiger partial charge in [0.05, 0.1) is 17.1 Å². The van der Waals surface area contributed by atoms with Gasteiger partial charge in [-0.1, -0.05) is 158 Å². The predicted octanol–water partition coefficient (Wildman–Crippen LogP) is 12.9. The molecule has 286 valence electrons. The highest BCUT2D eigenvalue weighted by Gasteiger charge is 2.43. The van der Waals surface area contributed by atoms with Crippen LogP contribution in [0.2, 0.25) is 0 Å². The molecule has 61 heavy (non-hydrogen) atoms. The monoisotopic (exact) mass is 780 g/mol. The van der Waals surface area contributed by atoms with Crippen LogP contribution >= 0.6 is 0 Å². The number of ether oxygens (including phenoxy) is 2. The van der Waals surface area contributed by atoms with Crippen molar-refractivity contribution in [2.75, 3.05) is 4.90 Å². The molecule has 0 saturated heterocycles. The lowest BCUT2D eigenvalue weighted by atomic mass is 9.34. The molecule has 1 aromatic heterocycles. The molecule has 1 atom stereocenters. The number of fused-ring (bicyclic) bond motifs is 12. The quantitative estimate of drug-likeness (QED) is 0.163. The van der Waals surface area contributed by atoms with Gasteiger partial charge in [0.25, 0.3) is 6.71 Å². The van der Waals surface area contributed by atoms with Crippen molar-refractivity contribution < 1.29 is 9.47 Å². The Labute approximate surface area is 353 Å². The summed E-state index contributed by atoms with van der Waals surface area (Å²) >= 11 is 0. The van der Waals surface area contributed by atoms with Gasteiger partial charge in [0.2, 0.25) is 0 Å². The molecule has 0 amide bonds. The van der Waals surface area contributed by atoms with Crippen molar-refractivity contribution >= 4 is 89.1 Å². The summed E-state index contributed by atoms with van der Waals surface area (Å²) in [6.45, 7) is -0.0774. The average Bonchev–Trinajstić information content (AvgIpc) is 3.65. The lowest BCUT2D eigenvalue weighted by Gasteiger charge is -2.34. The van der Waals surface area contributed by atoms with E-state index in [4.69, 9.17) is 9.47 Å². The maximum Gasteiger partial charge on any atom is 0.260 e. The van der Waals surface area contributed by atoms with E-state index in [1.807, 2.05) is 0 Å². The number of rotatable bonds is 5. The van der Waals surface area contributed by atoms with Crippen LogP contribution in [0.5, 0.6) is 23.0 Å². The third-order valence-electron chi connectivity index (χ3n) is 13.0. The second-order valence-corrected chi connectivity index (χ2v) is 16.3. The van der Waals surface area contributed by atoms with Crippen molar-refractivity contribution in [1.82, 2.24) is 4.57 Å². The third-order valence-corrected chi connectivity index (χ3v) is 13.0. The number of hydrogen-bond donors (Lipinski definition) is 0. The number of hydrogen-bond acceptors (Lipinski definition) is 3. The first kappa shape index (κ1) is 34.1. The SMILES string of the molecule is C1=CC(n2c3cc(N(c4ccccc4)c4ccccc4)ccc3c3c4c5c(cc32)Oc2c(ccc3ccccc23)B5c2ccc3ccccc3c2O4)CC=C1c1ccccc1. The van der Waals surface area contributed by atoms with Gasteiger partial charge in [-0.15, -0.1) is 0 Å². The molecular formula is C56H37BN2O2. The first-order valence-electron chi connectivity index (χ1n) is 21.1. The Morgan fingerprint density at radius 2 is 1.11 bits per heavy atom. The summed E-state index contributed by atoms with van der Waals surface area (Å²) in [5, 5.41) is 6.80. The Morgan fingerprint density at radius 3 is 1.75 bits per heavy atom. The number of aromatic nitrogens is 1. The minimum atomic E-state index is -0.0774. The van der Waals surface area contributed by atoms with E-state index in [0.29, 0.717) is 0 Å². The molecule has 13 rings (SSSR count). The summed E-state index contributed by atoms with van der Waals surface area (Å²) in [6, 6.07) is 67.4. The summed E-state index contributed by atoms with van der Waals surface area (Å²) in [4.78, 5) is 2.35. The van der Waals surface area contributed by atoms with Crippen LogP contribution in [0.4, 0.5) is 17.1 Å². The number of para-hydroxylation sites is 2. The highest BCUT2D eigenvalue weighted by Crippen LogP contribution is 2.49. The summed E-state index contributed by atoms with van der Waals surface area (Å²) < 4.78 is 17.2. The highest BCUT2D eigenvalue weighted by molar-refractivity contribution is 6.98. The zero-order valence-corrected chi connectivity index (χ0v) is 33.2. The van der Waals surface area contributed by atoms with Gasteiger partial charge in [-0.05, 0) is 81.7 Å². The Hall–Kier alpha value is -7.76. The molecule has 4 nitrogen and oxygen atoms in total. The summed E-state index contributed by atoms with van der Waals surface area (Å²) in [7, 11) is 0. The van der Waals surface area contributed by atoms with Gasteiger partial charge in [-0.3, -0.25) is 0 Å². The van der Waals surface area contributed by atoms with E-state index in [2.05, 4.69) is 216 Å². The van der Waals surface area contributed by atoms with Crippen molar-refractivity contribution in [2.24, 2.45) is 0 Å². The summed E-state index contributed by atoms with van der Waals surface area (Å²) in [6.07, 6.45) is 7.89. The summed E-state index contributed by atoms with van der Waals surface area (Å²) in [5.41, 5.74) is 11.4. The minimum Gasteiger partial charge on any atom is -0.458 e. The fourth-order valence-electron chi connectivity index (χ4n) is 10.2. The third kappa shape index (κ3) is 5.20. The van der Waals surface area contributed by atoms with Crippen LogP contribution in [0.25, 0.3) is 48.9 Å². The Morgan fingerprint density at radius 1 is 0.508 bits per heavy atom. The fraction of sp³-hybridized carbons (Fsp3) is 0.0357. The average molecular weight is 781 g/mol. The lowest BCUT2D eigenvalue weighted by molar-refractivity contribution is 0.473. The van der Waals surface area contributed by atoms with Crippen LogP contribution in [0.3, 0.4) is 0 Å². The second kappa shape index (κ2) is 13.4. The van der Waals surface area contributed by atoms with E-state index in [1.54, 1.807) is 0 Å². The zero-order valence-electron chi connectivity index (χ0n) is 33.2. The standard InChI is InChI=1S/C56H37BN2O2/c1-4-14-36(15-5-1)37-24-28-42(29-25-37)59-49-34-43(58(40-18-6-2-7-19-40)41-20-8-3-9-21-41)30-31-46(49)52-50(59)35-51-53-56(52)61-55-45-23-13-11-17-39(45)27-33-48(55)57(53)47-32-26-38-16-10-12-22-44(38)54(47)60-51/h1-28,30-35,42H,29H2. The van der Waals surface area contributed by atoms with Gasteiger partial charge in [0.1, 0.15) is 23.0 Å².